The van der Waals surface area contributed by atoms with Crippen LogP contribution in [0.15, 0.2) is 46.2 Å². The van der Waals surface area contributed by atoms with Crippen molar-refractivity contribution in [2.24, 2.45) is 0 Å². The Morgan fingerprint density at radius 1 is 1.00 bits per heavy atom. The lowest BCUT2D eigenvalue weighted by Crippen LogP contribution is -1.90. The molecular weight excluding hydrogens is 355 g/mol. The molecule has 0 amide bonds. The minimum Gasteiger partial charge on any atom is -0.398 e. The van der Waals surface area contributed by atoms with Crippen LogP contribution in [0.25, 0.3) is 0 Å². The molecule has 0 atom stereocenters. The topological polar surface area (TPSA) is 26.0 Å². The van der Waals surface area contributed by atoms with Gasteiger partial charge in [-0.1, -0.05) is 11.8 Å². The Balaban J connectivity index is 2.28. The lowest BCUT2D eigenvalue weighted by Gasteiger charge is -2.06. The van der Waals surface area contributed by atoms with Crippen LogP contribution in [-0.2, 0) is 0 Å². The van der Waals surface area contributed by atoms with Crippen molar-refractivity contribution in [1.82, 2.24) is 0 Å². The molecule has 2 N–H and O–H groups in total. The Labute approximate surface area is 116 Å². The molecule has 2 aromatic rings. The zero-order valence-electron chi connectivity index (χ0n) is 8.58. The van der Waals surface area contributed by atoms with Crippen LogP contribution in [0, 0.1) is 15.2 Å². The van der Waals surface area contributed by atoms with Gasteiger partial charge in [0.2, 0.25) is 0 Å². The van der Waals surface area contributed by atoms with Crippen molar-refractivity contribution in [2.45, 2.75) is 9.79 Å². The van der Waals surface area contributed by atoms with Gasteiger partial charge in [-0.15, -0.1) is 0 Å². The Kier molecular flexibility index (Phi) is 3.88. The monoisotopic (exact) mass is 363 g/mol. The van der Waals surface area contributed by atoms with Gasteiger partial charge in [0.1, 0.15) is 0 Å². The molecule has 0 aliphatic rings. The molecule has 0 aliphatic carbocycles. The second-order valence-electron chi connectivity index (χ2n) is 3.36. The van der Waals surface area contributed by atoms with E-state index < -0.39 is 11.6 Å². The third kappa shape index (κ3) is 3.10. The van der Waals surface area contributed by atoms with Crippen LogP contribution in [0.4, 0.5) is 14.5 Å². The predicted octanol–water partition coefficient (Wildman–Crippen LogP) is 4.30. The molecule has 1 nitrogen and oxygen atoms in total. The molecule has 0 spiro atoms. The summed E-state index contributed by atoms with van der Waals surface area (Å²) in [6.07, 6.45) is 0. The van der Waals surface area contributed by atoms with Gasteiger partial charge in [-0.05, 0) is 59.0 Å². The minimum atomic E-state index is -0.848. The Hall–Kier alpha value is -0.820. The first-order valence-corrected chi connectivity index (χ1v) is 6.64. The van der Waals surface area contributed by atoms with E-state index in [2.05, 4.69) is 22.6 Å². The van der Waals surface area contributed by atoms with Crippen LogP contribution in [0.3, 0.4) is 0 Å². The number of anilines is 1. The van der Waals surface area contributed by atoms with E-state index in [4.69, 9.17) is 5.73 Å². The molecule has 2 rings (SSSR count). The molecular formula is C12H8F2INS. The smallest absolute Gasteiger partial charge is 0.159 e. The second-order valence-corrected chi connectivity index (χ2v) is 5.72. The molecule has 0 bridgehead atoms. The van der Waals surface area contributed by atoms with E-state index in [1.807, 2.05) is 18.2 Å². The van der Waals surface area contributed by atoms with E-state index in [-0.39, 0.29) is 0 Å². The molecule has 0 aromatic heterocycles. The average molecular weight is 363 g/mol. The van der Waals surface area contributed by atoms with Crippen LogP contribution in [0.1, 0.15) is 0 Å². The van der Waals surface area contributed by atoms with E-state index >= 15 is 0 Å². The number of hydrogen-bond donors (Lipinski definition) is 1. The van der Waals surface area contributed by atoms with Gasteiger partial charge in [-0.3, -0.25) is 0 Å². The van der Waals surface area contributed by atoms with E-state index in [0.717, 1.165) is 20.6 Å². The van der Waals surface area contributed by atoms with Crippen molar-refractivity contribution in [1.29, 1.82) is 0 Å². The summed E-state index contributed by atoms with van der Waals surface area (Å²) in [5.41, 5.74) is 6.47. The van der Waals surface area contributed by atoms with Gasteiger partial charge in [-0.25, -0.2) is 8.78 Å². The van der Waals surface area contributed by atoms with Crippen molar-refractivity contribution in [3.8, 4) is 0 Å². The molecule has 2 aromatic carbocycles. The van der Waals surface area contributed by atoms with Crippen LogP contribution in [0.2, 0.25) is 0 Å². The maximum Gasteiger partial charge on any atom is 0.159 e. The first-order chi connectivity index (χ1) is 8.06. The Bertz CT molecular complexity index is 560. The summed E-state index contributed by atoms with van der Waals surface area (Å²) in [7, 11) is 0. The van der Waals surface area contributed by atoms with Gasteiger partial charge in [-0.2, -0.15) is 0 Å². The highest BCUT2D eigenvalue weighted by molar-refractivity contribution is 14.1. The van der Waals surface area contributed by atoms with Gasteiger partial charge in [0.25, 0.3) is 0 Å². The molecule has 0 saturated heterocycles. The van der Waals surface area contributed by atoms with E-state index in [0.29, 0.717) is 10.6 Å². The average Bonchev–Trinajstić information content (AvgIpc) is 2.27. The Morgan fingerprint density at radius 3 is 2.41 bits per heavy atom. The SMILES string of the molecule is Nc1cc(I)ccc1Sc1ccc(F)c(F)c1. The number of rotatable bonds is 2. The lowest BCUT2D eigenvalue weighted by atomic mass is 10.3. The standard InChI is InChI=1S/C12H8F2INS/c13-9-3-2-8(6-10(9)14)17-12-4-1-7(15)5-11(12)16/h1-6H,16H2. The maximum absolute atomic E-state index is 13.0. The number of halogens is 3. The van der Waals surface area contributed by atoms with Crippen LogP contribution < -0.4 is 5.73 Å². The van der Waals surface area contributed by atoms with Crippen molar-refractivity contribution in [3.05, 3.63) is 51.6 Å². The zero-order chi connectivity index (χ0) is 12.4. The zero-order valence-corrected chi connectivity index (χ0v) is 11.6. The largest absolute Gasteiger partial charge is 0.398 e. The molecule has 88 valence electrons. The molecule has 17 heavy (non-hydrogen) atoms. The summed E-state index contributed by atoms with van der Waals surface area (Å²) >= 11 is 3.47. The summed E-state index contributed by atoms with van der Waals surface area (Å²) in [6.45, 7) is 0. The number of nitrogens with two attached hydrogens (primary N) is 1. The fourth-order valence-corrected chi connectivity index (χ4v) is 2.66. The highest BCUT2D eigenvalue weighted by Gasteiger charge is 2.06. The van der Waals surface area contributed by atoms with Crippen molar-refractivity contribution < 1.29 is 8.78 Å². The van der Waals surface area contributed by atoms with Gasteiger partial charge in [0, 0.05) is 19.0 Å². The highest BCUT2D eigenvalue weighted by Crippen LogP contribution is 2.33. The van der Waals surface area contributed by atoms with Crippen LogP contribution in [-0.4, -0.2) is 0 Å². The van der Waals surface area contributed by atoms with E-state index in [1.165, 1.54) is 17.8 Å². The quantitative estimate of drug-likeness (QED) is 0.636. The summed E-state index contributed by atoms with van der Waals surface area (Å²) in [5.74, 6) is -1.69. The van der Waals surface area contributed by atoms with Crippen LogP contribution in [0.5, 0.6) is 0 Å². The lowest BCUT2D eigenvalue weighted by molar-refractivity contribution is 0.506. The first kappa shape index (κ1) is 12.6. The fraction of sp³-hybridized carbons (Fsp3) is 0. The van der Waals surface area contributed by atoms with Crippen LogP contribution >= 0.6 is 34.4 Å². The molecule has 0 fully saturated rings. The summed E-state index contributed by atoms with van der Waals surface area (Å²) in [6, 6.07) is 9.42. The molecule has 0 unspecified atom stereocenters. The molecule has 0 radical (unpaired) electrons. The molecule has 0 heterocycles. The molecule has 0 aliphatic heterocycles. The molecule has 5 heteroatoms. The van der Waals surface area contributed by atoms with E-state index in [1.54, 1.807) is 0 Å². The number of benzene rings is 2. The third-order valence-electron chi connectivity index (χ3n) is 2.09. The first-order valence-electron chi connectivity index (χ1n) is 4.74. The second kappa shape index (κ2) is 5.22. The number of nitrogen functional groups attached to an aromatic ring is 1. The summed E-state index contributed by atoms with van der Waals surface area (Å²) in [4.78, 5) is 1.45. The Morgan fingerprint density at radius 2 is 1.76 bits per heavy atom. The van der Waals surface area contributed by atoms with Crippen molar-refractivity contribution in [3.63, 3.8) is 0 Å². The van der Waals surface area contributed by atoms with Crippen molar-refractivity contribution in [2.75, 3.05) is 5.73 Å². The fourth-order valence-electron chi connectivity index (χ4n) is 1.28. The van der Waals surface area contributed by atoms with Gasteiger partial charge >= 0.3 is 0 Å². The normalized spacial score (nSPS) is 10.5. The van der Waals surface area contributed by atoms with Crippen molar-refractivity contribution >= 4 is 40.0 Å². The minimum absolute atomic E-state index is 0.622. The van der Waals surface area contributed by atoms with Gasteiger partial charge in [0.15, 0.2) is 11.6 Å². The summed E-state index contributed by atoms with van der Waals surface area (Å²) < 4.78 is 26.8. The number of hydrogen-bond acceptors (Lipinski definition) is 2. The molecule has 0 saturated carbocycles. The maximum atomic E-state index is 13.0. The highest BCUT2D eigenvalue weighted by atomic mass is 127. The van der Waals surface area contributed by atoms with E-state index in [9.17, 15) is 8.78 Å². The third-order valence-corrected chi connectivity index (χ3v) is 3.84. The summed E-state index contributed by atoms with van der Waals surface area (Å²) in [5, 5.41) is 0. The van der Waals surface area contributed by atoms with Gasteiger partial charge < -0.3 is 5.73 Å². The van der Waals surface area contributed by atoms with Gasteiger partial charge in [0.05, 0.1) is 0 Å². The predicted molar refractivity (Wildman–Crippen MR) is 74.1 cm³/mol.